The number of hydrogen-bond acceptors (Lipinski definition) is 8. The summed E-state index contributed by atoms with van der Waals surface area (Å²) in [6, 6.07) is 9.59. The van der Waals surface area contributed by atoms with Crippen molar-refractivity contribution in [3.8, 4) is 5.75 Å². The van der Waals surface area contributed by atoms with Crippen LogP contribution in [0, 0.1) is 0 Å². The molecule has 0 radical (unpaired) electrons. The molecule has 4 aromatic rings. The Kier molecular flexibility index (Phi) is 4.49. The van der Waals surface area contributed by atoms with Gasteiger partial charge in [-0.25, -0.2) is 9.97 Å². The molecule has 0 atom stereocenters. The fourth-order valence-corrected chi connectivity index (χ4v) is 3.91. The molecule has 3 aromatic heterocycles. The van der Waals surface area contributed by atoms with Gasteiger partial charge in [-0.3, -0.25) is 4.40 Å². The fraction of sp³-hybridized carbons (Fsp3) is 0.125. The second-order valence-electron chi connectivity index (χ2n) is 5.05. The lowest BCUT2D eigenvalue weighted by atomic mass is 10.3. The number of aromatic nitrogens is 5. The maximum atomic E-state index is 5.33. The van der Waals surface area contributed by atoms with E-state index in [4.69, 9.17) is 4.74 Å². The van der Waals surface area contributed by atoms with E-state index < -0.39 is 0 Å². The average Bonchev–Trinajstić information content (AvgIpc) is 3.26. The lowest BCUT2D eigenvalue weighted by molar-refractivity contribution is 0.417. The molecular formula is C16H14N6OS2. The Bertz CT molecular complexity index is 966. The van der Waals surface area contributed by atoms with Gasteiger partial charge in [0.05, 0.1) is 18.5 Å². The van der Waals surface area contributed by atoms with Gasteiger partial charge in [0.15, 0.2) is 4.34 Å². The third kappa shape index (κ3) is 3.57. The first-order chi connectivity index (χ1) is 12.3. The standard InChI is InChI=1S/C16H14N6OS2/c1-23-13-6-3-2-5-12(13)19-15-20-21-16(25-15)24-10-11-9-22-8-4-7-17-14(22)18-11/h2-9H,10H2,1H3,(H,19,20). The van der Waals surface area contributed by atoms with Crippen LogP contribution in [-0.2, 0) is 5.75 Å². The average molecular weight is 370 g/mol. The smallest absolute Gasteiger partial charge is 0.233 e. The van der Waals surface area contributed by atoms with Crippen LogP contribution in [0.5, 0.6) is 5.75 Å². The zero-order chi connectivity index (χ0) is 17.1. The number of rotatable bonds is 6. The van der Waals surface area contributed by atoms with Crippen LogP contribution in [0.4, 0.5) is 10.8 Å². The molecule has 1 N–H and O–H groups in total. The van der Waals surface area contributed by atoms with Crippen LogP contribution in [0.15, 0.2) is 53.3 Å². The van der Waals surface area contributed by atoms with Crippen molar-refractivity contribution in [3.63, 3.8) is 0 Å². The zero-order valence-electron chi connectivity index (χ0n) is 13.3. The normalized spacial score (nSPS) is 10.9. The monoisotopic (exact) mass is 370 g/mol. The number of anilines is 2. The van der Waals surface area contributed by atoms with Crippen LogP contribution in [0.1, 0.15) is 5.69 Å². The minimum Gasteiger partial charge on any atom is -0.495 e. The van der Waals surface area contributed by atoms with Crippen LogP contribution in [0.3, 0.4) is 0 Å². The highest BCUT2D eigenvalue weighted by molar-refractivity contribution is 8.00. The molecule has 0 aliphatic rings. The molecule has 126 valence electrons. The molecule has 9 heteroatoms. The number of para-hydroxylation sites is 2. The predicted molar refractivity (Wildman–Crippen MR) is 98.7 cm³/mol. The number of hydrogen-bond donors (Lipinski definition) is 1. The largest absolute Gasteiger partial charge is 0.495 e. The summed E-state index contributed by atoms with van der Waals surface area (Å²) in [6.45, 7) is 0. The Labute approximate surface area is 152 Å². The summed E-state index contributed by atoms with van der Waals surface area (Å²) in [4.78, 5) is 8.70. The SMILES string of the molecule is COc1ccccc1Nc1nnc(SCc2cn3cccnc3n2)s1. The quantitative estimate of drug-likeness (QED) is 0.519. The molecule has 25 heavy (non-hydrogen) atoms. The summed E-state index contributed by atoms with van der Waals surface area (Å²) in [6.07, 6.45) is 5.65. The molecule has 0 saturated carbocycles. The number of benzene rings is 1. The van der Waals surface area contributed by atoms with E-state index in [1.54, 1.807) is 25.1 Å². The van der Waals surface area contributed by atoms with E-state index >= 15 is 0 Å². The van der Waals surface area contributed by atoms with E-state index in [0.29, 0.717) is 11.5 Å². The van der Waals surface area contributed by atoms with Gasteiger partial charge < -0.3 is 10.1 Å². The highest BCUT2D eigenvalue weighted by atomic mass is 32.2. The molecule has 7 nitrogen and oxygen atoms in total. The van der Waals surface area contributed by atoms with Crippen molar-refractivity contribution in [1.82, 2.24) is 24.6 Å². The number of nitrogens with zero attached hydrogens (tertiary/aromatic N) is 5. The van der Waals surface area contributed by atoms with E-state index in [1.165, 1.54) is 11.3 Å². The maximum Gasteiger partial charge on any atom is 0.233 e. The van der Waals surface area contributed by atoms with Crippen molar-refractivity contribution in [1.29, 1.82) is 0 Å². The van der Waals surface area contributed by atoms with Gasteiger partial charge in [0.1, 0.15) is 5.75 Å². The van der Waals surface area contributed by atoms with Crippen LogP contribution in [0.25, 0.3) is 5.78 Å². The Morgan fingerprint density at radius 1 is 1.24 bits per heavy atom. The van der Waals surface area contributed by atoms with Crippen LogP contribution >= 0.6 is 23.1 Å². The molecular weight excluding hydrogens is 356 g/mol. The summed E-state index contributed by atoms with van der Waals surface area (Å²) in [5, 5.41) is 12.4. The number of fused-ring (bicyclic) bond motifs is 1. The van der Waals surface area contributed by atoms with Gasteiger partial charge in [-0.1, -0.05) is 35.2 Å². The molecule has 0 spiro atoms. The lowest BCUT2D eigenvalue weighted by Gasteiger charge is -2.07. The second kappa shape index (κ2) is 7.08. The number of ether oxygens (including phenoxy) is 1. The second-order valence-corrected chi connectivity index (χ2v) is 7.25. The topological polar surface area (TPSA) is 77.2 Å². The van der Waals surface area contributed by atoms with E-state index in [2.05, 4.69) is 25.5 Å². The molecule has 0 saturated heterocycles. The number of thioether (sulfide) groups is 1. The summed E-state index contributed by atoms with van der Waals surface area (Å²) in [7, 11) is 1.64. The van der Waals surface area contributed by atoms with Crippen molar-refractivity contribution in [2.24, 2.45) is 0 Å². The first-order valence-corrected chi connectivity index (χ1v) is 9.27. The number of imidazole rings is 1. The van der Waals surface area contributed by atoms with Crippen LogP contribution < -0.4 is 10.1 Å². The van der Waals surface area contributed by atoms with Gasteiger partial charge in [-0.05, 0) is 18.2 Å². The van der Waals surface area contributed by atoms with Gasteiger partial charge in [0.25, 0.3) is 0 Å². The number of nitrogens with one attached hydrogen (secondary N) is 1. The third-order valence-electron chi connectivity index (χ3n) is 3.38. The van der Waals surface area contributed by atoms with E-state index in [0.717, 1.165) is 26.6 Å². The molecule has 1 aromatic carbocycles. The van der Waals surface area contributed by atoms with Crippen molar-refractivity contribution >= 4 is 39.7 Å². The molecule has 0 bridgehead atoms. The summed E-state index contributed by atoms with van der Waals surface area (Å²) >= 11 is 3.10. The van der Waals surface area contributed by atoms with E-state index in [-0.39, 0.29) is 0 Å². The Morgan fingerprint density at radius 3 is 3.04 bits per heavy atom. The Morgan fingerprint density at radius 2 is 2.16 bits per heavy atom. The highest BCUT2D eigenvalue weighted by Crippen LogP contribution is 2.32. The van der Waals surface area contributed by atoms with Gasteiger partial charge in [-0.2, -0.15) is 0 Å². The summed E-state index contributed by atoms with van der Waals surface area (Å²) in [5.41, 5.74) is 1.82. The van der Waals surface area contributed by atoms with Crippen molar-refractivity contribution in [2.75, 3.05) is 12.4 Å². The Balaban J connectivity index is 1.42. The molecule has 0 aliphatic heterocycles. The minimum atomic E-state index is 0.703. The lowest BCUT2D eigenvalue weighted by Crippen LogP contribution is -1.93. The van der Waals surface area contributed by atoms with Crippen LogP contribution in [0.2, 0.25) is 0 Å². The van der Waals surface area contributed by atoms with Crippen molar-refractivity contribution in [2.45, 2.75) is 10.1 Å². The molecule has 0 unspecified atom stereocenters. The minimum absolute atomic E-state index is 0.703. The van der Waals surface area contributed by atoms with Crippen molar-refractivity contribution < 1.29 is 4.74 Å². The summed E-state index contributed by atoms with van der Waals surface area (Å²) < 4.78 is 8.12. The molecule has 0 amide bonds. The fourth-order valence-electron chi connectivity index (χ4n) is 2.27. The summed E-state index contributed by atoms with van der Waals surface area (Å²) in [5.74, 6) is 2.19. The van der Waals surface area contributed by atoms with Gasteiger partial charge in [0, 0.05) is 24.3 Å². The van der Waals surface area contributed by atoms with Crippen molar-refractivity contribution in [3.05, 3.63) is 54.6 Å². The third-order valence-corrected chi connectivity index (χ3v) is 5.39. The molecule has 3 heterocycles. The first kappa shape index (κ1) is 15.9. The molecule has 0 fully saturated rings. The highest BCUT2D eigenvalue weighted by Gasteiger charge is 2.09. The first-order valence-electron chi connectivity index (χ1n) is 7.47. The molecule has 0 aliphatic carbocycles. The zero-order valence-corrected chi connectivity index (χ0v) is 14.9. The van der Waals surface area contributed by atoms with Gasteiger partial charge in [-0.15, -0.1) is 10.2 Å². The number of methoxy groups -OCH3 is 1. The van der Waals surface area contributed by atoms with Crippen LogP contribution in [-0.4, -0.2) is 31.7 Å². The predicted octanol–water partition coefficient (Wildman–Crippen LogP) is 3.63. The molecule has 4 rings (SSSR count). The van der Waals surface area contributed by atoms with E-state index in [9.17, 15) is 0 Å². The van der Waals surface area contributed by atoms with E-state index in [1.807, 2.05) is 47.1 Å². The van der Waals surface area contributed by atoms with Gasteiger partial charge >= 0.3 is 0 Å². The Hall–Kier alpha value is -2.65. The maximum absolute atomic E-state index is 5.33. The van der Waals surface area contributed by atoms with Gasteiger partial charge in [0.2, 0.25) is 10.9 Å².